The lowest BCUT2D eigenvalue weighted by Crippen LogP contribution is -2.17. The van der Waals surface area contributed by atoms with E-state index in [1.54, 1.807) is 24.8 Å². The molecule has 2 heterocycles. The van der Waals surface area contributed by atoms with Crippen molar-refractivity contribution in [2.75, 3.05) is 17.7 Å². The van der Waals surface area contributed by atoms with E-state index in [4.69, 9.17) is 0 Å². The van der Waals surface area contributed by atoms with E-state index in [1.165, 1.54) is 0 Å². The van der Waals surface area contributed by atoms with Crippen molar-refractivity contribution in [2.24, 2.45) is 7.05 Å². The highest BCUT2D eigenvalue weighted by Crippen LogP contribution is 2.16. The van der Waals surface area contributed by atoms with Gasteiger partial charge in [0, 0.05) is 20.2 Å². The summed E-state index contributed by atoms with van der Waals surface area (Å²) < 4.78 is 14.7. The molecule has 2 N–H and O–H groups in total. The zero-order chi connectivity index (χ0) is 14.0. The van der Waals surface area contributed by atoms with Gasteiger partial charge in [-0.3, -0.25) is 9.48 Å². The Morgan fingerprint density at radius 1 is 1.42 bits per heavy atom. The molecule has 0 aromatic carbocycles. The topological polar surface area (TPSA) is 71.8 Å². The second-order valence-corrected chi connectivity index (χ2v) is 4.05. The number of halogens is 1. The number of aromatic nitrogens is 3. The Hall–Kier alpha value is -2.44. The minimum Gasteiger partial charge on any atom is -0.372 e. The molecule has 0 unspecified atom stereocenters. The average Bonchev–Trinajstić information content (AvgIpc) is 2.67. The highest BCUT2D eigenvalue weighted by Gasteiger charge is 2.15. The molecular formula is C12H14FN5O. The molecule has 2 aromatic rings. The van der Waals surface area contributed by atoms with Crippen LogP contribution in [-0.4, -0.2) is 27.7 Å². The van der Waals surface area contributed by atoms with Gasteiger partial charge >= 0.3 is 0 Å². The molecule has 0 aliphatic carbocycles. The lowest BCUT2D eigenvalue weighted by Gasteiger charge is -2.09. The number of carbonyl (C=O) groups excluding carboxylic acids is 1. The van der Waals surface area contributed by atoms with Crippen LogP contribution in [0.3, 0.4) is 0 Å². The molecule has 7 heteroatoms. The van der Waals surface area contributed by atoms with Crippen molar-refractivity contribution in [2.45, 2.75) is 6.92 Å². The standard InChI is InChI=1S/C12H14FN5O/c1-7-4-10(18(3)17-7)16-12(19)9-5-8(13)6-15-11(9)14-2/h4-6H,1-3H3,(H,14,15)(H,16,19). The van der Waals surface area contributed by atoms with Crippen molar-refractivity contribution in [3.05, 3.63) is 35.4 Å². The first-order valence-corrected chi connectivity index (χ1v) is 5.66. The van der Waals surface area contributed by atoms with Crippen molar-refractivity contribution in [3.8, 4) is 0 Å². The number of hydrogen-bond donors (Lipinski definition) is 2. The predicted molar refractivity (Wildman–Crippen MR) is 69.6 cm³/mol. The summed E-state index contributed by atoms with van der Waals surface area (Å²) in [5.74, 6) is -0.156. The molecule has 19 heavy (non-hydrogen) atoms. The molecule has 6 nitrogen and oxygen atoms in total. The Morgan fingerprint density at radius 2 is 2.16 bits per heavy atom. The van der Waals surface area contributed by atoms with E-state index in [0.717, 1.165) is 18.0 Å². The van der Waals surface area contributed by atoms with Crippen LogP contribution in [0, 0.1) is 12.7 Å². The van der Waals surface area contributed by atoms with Crippen molar-refractivity contribution >= 4 is 17.5 Å². The number of aryl methyl sites for hydroxylation is 2. The van der Waals surface area contributed by atoms with E-state index in [1.807, 2.05) is 6.92 Å². The van der Waals surface area contributed by atoms with E-state index in [9.17, 15) is 9.18 Å². The third kappa shape index (κ3) is 2.70. The number of amides is 1. The van der Waals surface area contributed by atoms with Crippen molar-refractivity contribution in [1.82, 2.24) is 14.8 Å². The van der Waals surface area contributed by atoms with E-state index in [0.29, 0.717) is 11.6 Å². The minimum absolute atomic E-state index is 0.140. The van der Waals surface area contributed by atoms with Crippen LogP contribution in [0.25, 0.3) is 0 Å². The summed E-state index contributed by atoms with van der Waals surface area (Å²) >= 11 is 0. The second kappa shape index (κ2) is 5.05. The van der Waals surface area contributed by atoms with Gasteiger partial charge in [-0.05, 0) is 13.0 Å². The van der Waals surface area contributed by atoms with Crippen molar-refractivity contribution in [1.29, 1.82) is 0 Å². The monoisotopic (exact) mass is 263 g/mol. The van der Waals surface area contributed by atoms with E-state index < -0.39 is 11.7 Å². The van der Waals surface area contributed by atoms with Crippen LogP contribution in [0.15, 0.2) is 18.3 Å². The smallest absolute Gasteiger partial charge is 0.260 e. The van der Waals surface area contributed by atoms with Crippen LogP contribution in [0.4, 0.5) is 16.0 Å². The zero-order valence-corrected chi connectivity index (χ0v) is 10.9. The molecule has 2 aromatic heterocycles. The molecule has 0 atom stereocenters. The van der Waals surface area contributed by atoms with E-state index in [2.05, 4.69) is 20.7 Å². The Morgan fingerprint density at radius 3 is 2.74 bits per heavy atom. The van der Waals surface area contributed by atoms with Gasteiger partial charge in [-0.1, -0.05) is 0 Å². The lowest BCUT2D eigenvalue weighted by molar-refractivity contribution is 0.102. The molecular weight excluding hydrogens is 249 g/mol. The number of rotatable bonds is 3. The first kappa shape index (κ1) is 13.0. The number of pyridine rings is 1. The second-order valence-electron chi connectivity index (χ2n) is 4.05. The minimum atomic E-state index is -0.565. The highest BCUT2D eigenvalue weighted by atomic mass is 19.1. The van der Waals surface area contributed by atoms with E-state index in [-0.39, 0.29) is 5.56 Å². The van der Waals surface area contributed by atoms with Crippen LogP contribution < -0.4 is 10.6 Å². The summed E-state index contributed by atoms with van der Waals surface area (Å²) in [5.41, 5.74) is 0.922. The Balaban J connectivity index is 2.29. The van der Waals surface area contributed by atoms with Gasteiger partial charge in [0.25, 0.3) is 5.91 Å². The Labute approximate surface area is 109 Å². The fourth-order valence-corrected chi connectivity index (χ4v) is 1.72. The summed E-state index contributed by atoms with van der Waals surface area (Å²) in [7, 11) is 3.33. The molecule has 0 bridgehead atoms. The maximum atomic E-state index is 13.2. The van der Waals surface area contributed by atoms with Gasteiger partial charge in [0.1, 0.15) is 17.5 Å². The molecule has 2 rings (SSSR count). The average molecular weight is 263 g/mol. The number of hydrogen-bond acceptors (Lipinski definition) is 4. The van der Waals surface area contributed by atoms with Crippen molar-refractivity contribution in [3.63, 3.8) is 0 Å². The third-order valence-corrected chi connectivity index (χ3v) is 2.58. The lowest BCUT2D eigenvalue weighted by atomic mass is 10.2. The highest BCUT2D eigenvalue weighted by molar-refractivity contribution is 6.07. The van der Waals surface area contributed by atoms with Gasteiger partial charge in [-0.2, -0.15) is 5.10 Å². The van der Waals surface area contributed by atoms with Gasteiger partial charge in [0.05, 0.1) is 17.5 Å². The molecule has 0 radical (unpaired) electrons. The molecule has 0 aliphatic rings. The van der Waals surface area contributed by atoms with Crippen molar-refractivity contribution < 1.29 is 9.18 Å². The fraction of sp³-hybridized carbons (Fsp3) is 0.250. The zero-order valence-electron chi connectivity index (χ0n) is 10.9. The van der Waals surface area contributed by atoms with Gasteiger partial charge < -0.3 is 10.6 Å². The Bertz CT molecular complexity index is 623. The van der Waals surface area contributed by atoms with Gasteiger partial charge in [0.2, 0.25) is 0 Å². The van der Waals surface area contributed by atoms with Crippen LogP contribution in [0.5, 0.6) is 0 Å². The fourth-order valence-electron chi connectivity index (χ4n) is 1.72. The number of anilines is 2. The number of carbonyl (C=O) groups is 1. The predicted octanol–water partition coefficient (Wildman–Crippen LogP) is 1.56. The third-order valence-electron chi connectivity index (χ3n) is 2.58. The summed E-state index contributed by atoms with van der Waals surface area (Å²) in [6, 6.07) is 2.86. The first-order valence-electron chi connectivity index (χ1n) is 5.66. The number of nitrogens with zero attached hydrogens (tertiary/aromatic N) is 3. The SMILES string of the molecule is CNc1ncc(F)cc1C(=O)Nc1cc(C)nn1C. The molecule has 0 saturated heterocycles. The molecule has 1 amide bonds. The quantitative estimate of drug-likeness (QED) is 0.881. The first-order chi connectivity index (χ1) is 9.01. The maximum absolute atomic E-state index is 13.2. The largest absolute Gasteiger partial charge is 0.372 e. The van der Waals surface area contributed by atoms with Gasteiger partial charge in [0.15, 0.2) is 0 Å². The molecule has 100 valence electrons. The molecule has 0 fully saturated rings. The van der Waals surface area contributed by atoms with Gasteiger partial charge in [-0.15, -0.1) is 0 Å². The summed E-state index contributed by atoms with van der Waals surface area (Å²) in [5, 5.41) is 9.53. The van der Waals surface area contributed by atoms with Crippen LogP contribution >= 0.6 is 0 Å². The summed E-state index contributed by atoms with van der Waals surface area (Å²) in [4.78, 5) is 15.9. The van der Waals surface area contributed by atoms with Crippen LogP contribution in [0.2, 0.25) is 0 Å². The molecule has 0 saturated carbocycles. The summed E-state index contributed by atoms with van der Waals surface area (Å²) in [6.07, 6.45) is 1.05. The maximum Gasteiger partial charge on any atom is 0.260 e. The Kier molecular flexibility index (Phi) is 3.46. The van der Waals surface area contributed by atoms with E-state index >= 15 is 0 Å². The van der Waals surface area contributed by atoms with Gasteiger partial charge in [-0.25, -0.2) is 9.37 Å². The van der Waals surface area contributed by atoms with Crippen LogP contribution in [-0.2, 0) is 7.05 Å². The van der Waals surface area contributed by atoms with Crippen LogP contribution in [0.1, 0.15) is 16.1 Å². The molecule has 0 spiro atoms. The normalized spacial score (nSPS) is 10.3. The summed E-state index contributed by atoms with van der Waals surface area (Å²) in [6.45, 7) is 1.82. The molecule has 0 aliphatic heterocycles. The number of nitrogens with one attached hydrogen (secondary N) is 2.